The van der Waals surface area contributed by atoms with E-state index in [-0.39, 0.29) is 0 Å². The fourth-order valence-corrected chi connectivity index (χ4v) is 2.33. The van der Waals surface area contributed by atoms with Crippen LogP contribution in [0.25, 0.3) is 0 Å². The average molecular weight is 240 g/mol. The van der Waals surface area contributed by atoms with E-state index < -0.39 is 5.60 Å². The molecule has 0 amide bonds. The van der Waals surface area contributed by atoms with Crippen LogP contribution in [0.15, 0.2) is 0 Å². The standard InChI is InChI=1S/C13H24N2O2/c1-2-17-13(12-14)6-9-15(10-7-13)8-4-3-5-11-16/h16H,2-11H2,1H3. The first kappa shape index (κ1) is 14.4. The zero-order valence-corrected chi connectivity index (χ0v) is 10.8. The largest absolute Gasteiger partial charge is 0.396 e. The highest BCUT2D eigenvalue weighted by Crippen LogP contribution is 2.25. The Morgan fingerprint density at radius 2 is 2.00 bits per heavy atom. The van der Waals surface area contributed by atoms with E-state index in [0.29, 0.717) is 13.2 Å². The van der Waals surface area contributed by atoms with Gasteiger partial charge in [-0.2, -0.15) is 5.26 Å². The number of likely N-dealkylation sites (tertiary alicyclic amines) is 1. The zero-order chi connectivity index (χ0) is 12.6. The van der Waals surface area contributed by atoms with Crippen molar-refractivity contribution in [3.05, 3.63) is 0 Å². The lowest BCUT2D eigenvalue weighted by atomic mass is 9.92. The second-order valence-electron chi connectivity index (χ2n) is 4.67. The molecule has 0 unspecified atom stereocenters. The minimum Gasteiger partial charge on any atom is -0.396 e. The molecule has 1 aliphatic heterocycles. The van der Waals surface area contributed by atoms with Crippen LogP contribution >= 0.6 is 0 Å². The highest BCUT2D eigenvalue weighted by atomic mass is 16.5. The number of ether oxygens (including phenoxy) is 1. The molecule has 0 bridgehead atoms. The van der Waals surface area contributed by atoms with E-state index in [0.717, 1.165) is 51.7 Å². The number of nitrogens with zero attached hydrogens (tertiary/aromatic N) is 2. The van der Waals surface area contributed by atoms with E-state index in [9.17, 15) is 5.26 Å². The third-order valence-electron chi connectivity index (χ3n) is 3.42. The summed E-state index contributed by atoms with van der Waals surface area (Å²) in [4.78, 5) is 2.39. The van der Waals surface area contributed by atoms with Crippen molar-refractivity contribution in [2.24, 2.45) is 0 Å². The zero-order valence-electron chi connectivity index (χ0n) is 10.8. The van der Waals surface area contributed by atoms with Crippen molar-refractivity contribution < 1.29 is 9.84 Å². The summed E-state index contributed by atoms with van der Waals surface area (Å²) in [6.07, 6.45) is 4.75. The van der Waals surface area contributed by atoms with Gasteiger partial charge in [-0.15, -0.1) is 0 Å². The van der Waals surface area contributed by atoms with Crippen LogP contribution in [0, 0.1) is 11.3 Å². The maximum atomic E-state index is 9.18. The first-order valence-corrected chi connectivity index (χ1v) is 6.65. The monoisotopic (exact) mass is 240 g/mol. The van der Waals surface area contributed by atoms with Crippen molar-refractivity contribution in [2.75, 3.05) is 32.8 Å². The highest BCUT2D eigenvalue weighted by Gasteiger charge is 2.34. The summed E-state index contributed by atoms with van der Waals surface area (Å²) in [5.41, 5.74) is -0.531. The van der Waals surface area contributed by atoms with Crippen LogP contribution in [0.1, 0.15) is 39.0 Å². The molecule has 4 heteroatoms. The molecule has 1 heterocycles. The predicted octanol–water partition coefficient (Wildman–Crippen LogP) is 1.54. The molecular weight excluding hydrogens is 216 g/mol. The summed E-state index contributed by atoms with van der Waals surface area (Å²) in [6.45, 7) is 5.83. The van der Waals surface area contributed by atoms with E-state index >= 15 is 0 Å². The Bertz CT molecular complexity index is 242. The van der Waals surface area contributed by atoms with Gasteiger partial charge in [0.1, 0.15) is 0 Å². The van der Waals surface area contributed by atoms with E-state index in [4.69, 9.17) is 9.84 Å². The topological polar surface area (TPSA) is 56.5 Å². The summed E-state index contributed by atoms with van der Waals surface area (Å²) >= 11 is 0. The number of rotatable bonds is 7. The molecular formula is C13H24N2O2. The van der Waals surface area contributed by atoms with Crippen LogP contribution in [0.5, 0.6) is 0 Å². The SMILES string of the molecule is CCOC1(C#N)CCN(CCCCCO)CC1. The van der Waals surface area contributed by atoms with Gasteiger partial charge in [0, 0.05) is 39.1 Å². The van der Waals surface area contributed by atoms with Gasteiger partial charge in [-0.05, 0) is 32.7 Å². The van der Waals surface area contributed by atoms with Gasteiger partial charge in [0.05, 0.1) is 6.07 Å². The maximum absolute atomic E-state index is 9.18. The van der Waals surface area contributed by atoms with Crippen LogP contribution in [-0.4, -0.2) is 48.5 Å². The molecule has 0 aliphatic carbocycles. The maximum Gasteiger partial charge on any atom is 0.156 e. The molecule has 1 aliphatic rings. The Balaban J connectivity index is 2.23. The molecule has 0 saturated carbocycles. The fraction of sp³-hybridized carbons (Fsp3) is 0.923. The van der Waals surface area contributed by atoms with Crippen molar-refractivity contribution in [3.8, 4) is 6.07 Å². The molecule has 1 N–H and O–H groups in total. The van der Waals surface area contributed by atoms with Crippen LogP contribution in [0.4, 0.5) is 0 Å². The molecule has 0 aromatic carbocycles. The van der Waals surface area contributed by atoms with Crippen molar-refractivity contribution in [2.45, 2.75) is 44.6 Å². The second kappa shape index (κ2) is 7.65. The van der Waals surface area contributed by atoms with Gasteiger partial charge in [-0.25, -0.2) is 0 Å². The van der Waals surface area contributed by atoms with Crippen LogP contribution in [-0.2, 0) is 4.74 Å². The van der Waals surface area contributed by atoms with Crippen LogP contribution in [0.3, 0.4) is 0 Å². The third kappa shape index (κ3) is 4.63. The molecule has 4 nitrogen and oxygen atoms in total. The Labute approximate surface area is 104 Å². The minimum absolute atomic E-state index is 0.294. The van der Waals surface area contributed by atoms with Crippen molar-refractivity contribution >= 4 is 0 Å². The minimum atomic E-state index is -0.531. The van der Waals surface area contributed by atoms with Gasteiger partial charge in [-0.1, -0.05) is 0 Å². The Kier molecular flexibility index (Phi) is 6.49. The Morgan fingerprint density at radius 1 is 1.29 bits per heavy atom. The number of hydrogen-bond donors (Lipinski definition) is 1. The normalized spacial score (nSPS) is 20.1. The van der Waals surface area contributed by atoms with Gasteiger partial charge in [-0.3, -0.25) is 0 Å². The van der Waals surface area contributed by atoms with Gasteiger partial charge in [0.25, 0.3) is 0 Å². The van der Waals surface area contributed by atoms with Gasteiger partial charge in [0.2, 0.25) is 0 Å². The number of hydrogen-bond acceptors (Lipinski definition) is 4. The van der Waals surface area contributed by atoms with Crippen LogP contribution in [0.2, 0.25) is 0 Å². The molecule has 0 aromatic heterocycles. The number of aliphatic hydroxyl groups excluding tert-OH is 1. The molecule has 0 spiro atoms. The van der Waals surface area contributed by atoms with E-state index in [1.54, 1.807) is 0 Å². The second-order valence-corrected chi connectivity index (χ2v) is 4.67. The molecule has 1 saturated heterocycles. The van der Waals surface area contributed by atoms with Crippen molar-refractivity contribution in [1.82, 2.24) is 4.90 Å². The Morgan fingerprint density at radius 3 is 2.53 bits per heavy atom. The smallest absolute Gasteiger partial charge is 0.156 e. The summed E-state index contributed by atoms with van der Waals surface area (Å²) in [7, 11) is 0. The number of nitriles is 1. The van der Waals surface area contributed by atoms with Gasteiger partial charge in [0.15, 0.2) is 5.60 Å². The molecule has 1 rings (SSSR count). The summed E-state index contributed by atoms with van der Waals surface area (Å²) < 4.78 is 5.59. The van der Waals surface area contributed by atoms with E-state index in [1.807, 2.05) is 6.92 Å². The summed E-state index contributed by atoms with van der Waals surface area (Å²) in [5.74, 6) is 0. The van der Waals surface area contributed by atoms with Crippen molar-refractivity contribution in [3.63, 3.8) is 0 Å². The Hall–Kier alpha value is -0.630. The molecule has 98 valence electrons. The lowest BCUT2D eigenvalue weighted by molar-refractivity contribution is -0.0386. The molecule has 0 atom stereocenters. The van der Waals surface area contributed by atoms with E-state index in [1.165, 1.54) is 0 Å². The molecule has 0 radical (unpaired) electrons. The fourth-order valence-electron chi connectivity index (χ4n) is 2.33. The quantitative estimate of drug-likeness (QED) is 0.686. The van der Waals surface area contributed by atoms with Gasteiger partial charge < -0.3 is 14.7 Å². The first-order chi connectivity index (χ1) is 8.26. The number of aliphatic hydroxyl groups is 1. The molecule has 0 aromatic rings. The highest BCUT2D eigenvalue weighted by molar-refractivity contribution is 5.04. The van der Waals surface area contributed by atoms with E-state index in [2.05, 4.69) is 11.0 Å². The van der Waals surface area contributed by atoms with Gasteiger partial charge >= 0.3 is 0 Å². The predicted molar refractivity (Wildman–Crippen MR) is 66.6 cm³/mol. The lowest BCUT2D eigenvalue weighted by Gasteiger charge is -2.36. The number of piperidine rings is 1. The third-order valence-corrected chi connectivity index (χ3v) is 3.42. The summed E-state index contributed by atoms with van der Waals surface area (Å²) in [5, 5.41) is 17.9. The average Bonchev–Trinajstić information content (AvgIpc) is 2.37. The molecule has 17 heavy (non-hydrogen) atoms. The molecule has 1 fully saturated rings. The first-order valence-electron chi connectivity index (χ1n) is 6.65. The van der Waals surface area contributed by atoms with Crippen LogP contribution < -0.4 is 0 Å². The van der Waals surface area contributed by atoms with Crippen molar-refractivity contribution in [1.29, 1.82) is 5.26 Å². The number of unbranched alkanes of at least 4 members (excludes halogenated alkanes) is 2. The lowest BCUT2D eigenvalue weighted by Crippen LogP contribution is -2.45. The summed E-state index contributed by atoms with van der Waals surface area (Å²) in [6, 6.07) is 2.33.